The molecular formula is C15H26N4O. The van der Waals surface area contributed by atoms with Gasteiger partial charge in [0.05, 0.1) is 12.7 Å². The molecule has 2 rings (SSSR count). The predicted molar refractivity (Wildman–Crippen MR) is 82.3 cm³/mol. The summed E-state index contributed by atoms with van der Waals surface area (Å²) in [5.41, 5.74) is 1.15. The average molecular weight is 278 g/mol. The molecule has 0 spiro atoms. The van der Waals surface area contributed by atoms with Crippen molar-refractivity contribution < 1.29 is 4.74 Å². The van der Waals surface area contributed by atoms with Gasteiger partial charge in [0.15, 0.2) is 0 Å². The molecule has 0 amide bonds. The molecule has 2 N–H and O–H groups in total. The van der Waals surface area contributed by atoms with Gasteiger partial charge in [-0.15, -0.1) is 0 Å². The van der Waals surface area contributed by atoms with Crippen LogP contribution in [0.1, 0.15) is 45.1 Å². The van der Waals surface area contributed by atoms with Crippen LogP contribution in [0.2, 0.25) is 0 Å². The number of rotatable bonds is 8. The van der Waals surface area contributed by atoms with Crippen molar-refractivity contribution in [1.82, 2.24) is 9.97 Å². The summed E-state index contributed by atoms with van der Waals surface area (Å²) >= 11 is 0. The number of anilines is 2. The average Bonchev–Trinajstić information content (AvgIpc) is 2.97. The molecule has 112 valence electrons. The molecule has 0 atom stereocenters. The second-order valence-electron chi connectivity index (χ2n) is 5.14. The Morgan fingerprint density at radius 1 is 1.15 bits per heavy atom. The summed E-state index contributed by atoms with van der Waals surface area (Å²) in [5, 5.41) is 6.65. The molecule has 1 aliphatic carbocycles. The minimum atomic E-state index is 0.477. The normalized spacial score (nSPS) is 15.5. The summed E-state index contributed by atoms with van der Waals surface area (Å²) in [6, 6.07) is 0. The maximum Gasteiger partial charge on any atom is 0.134 e. The quantitative estimate of drug-likeness (QED) is 0.716. The lowest BCUT2D eigenvalue weighted by atomic mass is 10.2. The molecule has 0 aliphatic heterocycles. The number of nitrogens with one attached hydrogen (secondary N) is 2. The predicted octanol–water partition coefficient (Wildman–Crippen LogP) is 2.84. The zero-order chi connectivity index (χ0) is 14.2. The second kappa shape index (κ2) is 8.04. The van der Waals surface area contributed by atoms with Crippen LogP contribution in [0.3, 0.4) is 0 Å². The van der Waals surface area contributed by atoms with Gasteiger partial charge in [-0.2, -0.15) is 0 Å². The van der Waals surface area contributed by atoms with Crippen LogP contribution in [0.15, 0.2) is 6.33 Å². The minimum absolute atomic E-state index is 0.477. The van der Waals surface area contributed by atoms with Crippen LogP contribution in [0.25, 0.3) is 0 Å². The van der Waals surface area contributed by atoms with E-state index < -0.39 is 0 Å². The Balaban J connectivity index is 1.83. The van der Waals surface area contributed by atoms with Crippen LogP contribution < -0.4 is 10.6 Å². The molecule has 0 bridgehead atoms. The van der Waals surface area contributed by atoms with E-state index in [1.807, 2.05) is 0 Å². The van der Waals surface area contributed by atoms with Crippen LogP contribution in [-0.2, 0) is 11.2 Å². The summed E-state index contributed by atoms with van der Waals surface area (Å²) in [7, 11) is 0. The van der Waals surface area contributed by atoms with E-state index in [0.717, 1.165) is 43.3 Å². The van der Waals surface area contributed by atoms with E-state index in [-0.39, 0.29) is 0 Å². The maximum atomic E-state index is 5.85. The van der Waals surface area contributed by atoms with Crippen LogP contribution >= 0.6 is 0 Å². The molecule has 0 aromatic carbocycles. The van der Waals surface area contributed by atoms with Gasteiger partial charge in [0.25, 0.3) is 0 Å². The fraction of sp³-hybridized carbons (Fsp3) is 0.733. The van der Waals surface area contributed by atoms with Gasteiger partial charge in [-0.25, -0.2) is 9.97 Å². The van der Waals surface area contributed by atoms with Crippen molar-refractivity contribution in [3.63, 3.8) is 0 Å². The second-order valence-corrected chi connectivity index (χ2v) is 5.14. The van der Waals surface area contributed by atoms with Crippen LogP contribution in [0.4, 0.5) is 11.6 Å². The highest BCUT2D eigenvalue weighted by molar-refractivity contribution is 5.57. The standard InChI is InChI=1S/C15H26N4O/c1-3-13-14(16-4-2)18-11-19-15(13)17-9-10-20-12-7-5-6-8-12/h11-12H,3-10H2,1-2H3,(H2,16,17,18,19). The molecular weight excluding hydrogens is 252 g/mol. The number of ether oxygens (including phenoxy) is 1. The molecule has 5 nitrogen and oxygen atoms in total. The topological polar surface area (TPSA) is 59.1 Å². The lowest BCUT2D eigenvalue weighted by Gasteiger charge is -2.15. The third kappa shape index (κ3) is 4.07. The Morgan fingerprint density at radius 3 is 2.50 bits per heavy atom. The summed E-state index contributed by atoms with van der Waals surface area (Å²) in [6.07, 6.45) is 8.07. The number of hydrogen-bond donors (Lipinski definition) is 2. The van der Waals surface area contributed by atoms with Crippen molar-refractivity contribution in [3.8, 4) is 0 Å². The van der Waals surface area contributed by atoms with Crippen LogP contribution in [-0.4, -0.2) is 35.8 Å². The number of aromatic nitrogens is 2. The van der Waals surface area contributed by atoms with Gasteiger partial charge in [-0.1, -0.05) is 19.8 Å². The van der Waals surface area contributed by atoms with E-state index in [0.29, 0.717) is 6.10 Å². The molecule has 1 saturated carbocycles. The molecule has 1 aromatic rings. The van der Waals surface area contributed by atoms with Gasteiger partial charge in [0.1, 0.15) is 18.0 Å². The number of nitrogens with zero attached hydrogens (tertiary/aromatic N) is 2. The third-order valence-electron chi connectivity index (χ3n) is 3.69. The van der Waals surface area contributed by atoms with Gasteiger partial charge in [-0.3, -0.25) is 0 Å². The van der Waals surface area contributed by atoms with Gasteiger partial charge >= 0.3 is 0 Å². The first-order valence-corrected chi connectivity index (χ1v) is 7.78. The zero-order valence-electron chi connectivity index (χ0n) is 12.6. The van der Waals surface area contributed by atoms with E-state index in [1.54, 1.807) is 6.33 Å². The highest BCUT2D eigenvalue weighted by Crippen LogP contribution is 2.21. The van der Waals surface area contributed by atoms with Crippen molar-refractivity contribution in [2.24, 2.45) is 0 Å². The molecule has 20 heavy (non-hydrogen) atoms. The molecule has 1 aromatic heterocycles. The Hall–Kier alpha value is -1.36. The van der Waals surface area contributed by atoms with Crippen molar-refractivity contribution in [3.05, 3.63) is 11.9 Å². The molecule has 1 aliphatic rings. The first-order chi connectivity index (χ1) is 9.85. The van der Waals surface area contributed by atoms with Crippen molar-refractivity contribution in [2.45, 2.75) is 52.1 Å². The van der Waals surface area contributed by atoms with Gasteiger partial charge in [-0.05, 0) is 26.2 Å². The van der Waals surface area contributed by atoms with E-state index >= 15 is 0 Å². The highest BCUT2D eigenvalue weighted by Gasteiger charge is 2.15. The van der Waals surface area contributed by atoms with Crippen LogP contribution in [0, 0.1) is 0 Å². The number of hydrogen-bond acceptors (Lipinski definition) is 5. The molecule has 1 fully saturated rings. The van der Waals surface area contributed by atoms with Crippen molar-refractivity contribution in [2.75, 3.05) is 30.3 Å². The summed E-state index contributed by atoms with van der Waals surface area (Å²) in [4.78, 5) is 8.64. The molecule has 0 radical (unpaired) electrons. The smallest absolute Gasteiger partial charge is 0.134 e. The largest absolute Gasteiger partial charge is 0.376 e. The Morgan fingerprint density at radius 2 is 1.85 bits per heavy atom. The molecule has 0 saturated heterocycles. The van der Waals surface area contributed by atoms with E-state index in [4.69, 9.17) is 4.74 Å². The van der Waals surface area contributed by atoms with Gasteiger partial charge in [0, 0.05) is 18.7 Å². The first kappa shape index (κ1) is 15.0. The molecule has 1 heterocycles. The SMILES string of the molecule is CCNc1ncnc(NCCOC2CCCC2)c1CC. The van der Waals surface area contributed by atoms with Crippen molar-refractivity contribution >= 4 is 11.6 Å². The van der Waals surface area contributed by atoms with E-state index in [9.17, 15) is 0 Å². The fourth-order valence-corrected chi connectivity index (χ4v) is 2.67. The fourth-order valence-electron chi connectivity index (χ4n) is 2.67. The summed E-state index contributed by atoms with van der Waals surface area (Å²) < 4.78 is 5.85. The highest BCUT2D eigenvalue weighted by atomic mass is 16.5. The monoisotopic (exact) mass is 278 g/mol. The Kier molecular flexibility index (Phi) is 6.05. The van der Waals surface area contributed by atoms with Gasteiger partial charge in [0.2, 0.25) is 0 Å². The summed E-state index contributed by atoms with van der Waals surface area (Å²) in [6.45, 7) is 6.61. The lowest BCUT2D eigenvalue weighted by Crippen LogP contribution is -2.17. The van der Waals surface area contributed by atoms with Crippen LogP contribution in [0.5, 0.6) is 0 Å². The van der Waals surface area contributed by atoms with E-state index in [2.05, 4.69) is 34.4 Å². The van der Waals surface area contributed by atoms with Crippen molar-refractivity contribution in [1.29, 1.82) is 0 Å². The Labute approximate surface area is 121 Å². The van der Waals surface area contributed by atoms with Gasteiger partial charge < -0.3 is 15.4 Å². The minimum Gasteiger partial charge on any atom is -0.376 e. The summed E-state index contributed by atoms with van der Waals surface area (Å²) in [5.74, 6) is 1.86. The van der Waals surface area contributed by atoms with E-state index in [1.165, 1.54) is 25.7 Å². The lowest BCUT2D eigenvalue weighted by molar-refractivity contribution is 0.0658. The molecule has 0 unspecified atom stereocenters. The first-order valence-electron chi connectivity index (χ1n) is 7.78. The third-order valence-corrected chi connectivity index (χ3v) is 3.69. The maximum absolute atomic E-state index is 5.85. The Bertz CT molecular complexity index is 405. The zero-order valence-corrected chi connectivity index (χ0v) is 12.6. The molecule has 5 heteroatoms.